The fraction of sp³-hybridized carbons (Fsp3) is 0.316. The van der Waals surface area contributed by atoms with Crippen LogP contribution >= 0.6 is 0 Å². The number of amides is 1. The third-order valence-corrected chi connectivity index (χ3v) is 6.36. The summed E-state index contributed by atoms with van der Waals surface area (Å²) in [5, 5.41) is 12.4. The van der Waals surface area contributed by atoms with Crippen LogP contribution in [0.5, 0.6) is 11.5 Å². The van der Waals surface area contributed by atoms with Crippen molar-refractivity contribution in [3.8, 4) is 11.5 Å². The fourth-order valence-corrected chi connectivity index (χ4v) is 4.59. The van der Waals surface area contributed by atoms with Gasteiger partial charge in [0, 0.05) is 13.1 Å². The molecule has 0 atom stereocenters. The number of ether oxygens (including phenoxy) is 1. The first kappa shape index (κ1) is 21.9. The van der Waals surface area contributed by atoms with Gasteiger partial charge in [-0.05, 0) is 48.7 Å². The molecule has 1 fully saturated rings. The summed E-state index contributed by atoms with van der Waals surface area (Å²) < 4.78 is 67.0. The van der Waals surface area contributed by atoms with Crippen molar-refractivity contribution in [3.05, 3.63) is 48.0 Å². The molecule has 0 aliphatic carbocycles. The SMILES string of the molecule is O=C(Cc1ccc(OC(F)(F)F)cc1)Nc1cc(S(=O)(=O)N2CCCC2)ccc1O. The maximum atomic E-state index is 12.6. The molecule has 1 amide bonds. The van der Waals surface area contributed by atoms with Crippen molar-refractivity contribution >= 4 is 21.6 Å². The Bertz CT molecular complexity index is 1020. The minimum Gasteiger partial charge on any atom is -0.506 e. The van der Waals surface area contributed by atoms with Crippen molar-refractivity contribution in [2.24, 2.45) is 0 Å². The summed E-state index contributed by atoms with van der Waals surface area (Å²) in [6.07, 6.45) is -3.47. The van der Waals surface area contributed by atoms with Crippen molar-refractivity contribution in [2.45, 2.75) is 30.5 Å². The monoisotopic (exact) mass is 444 g/mol. The maximum Gasteiger partial charge on any atom is 0.573 e. The summed E-state index contributed by atoms with van der Waals surface area (Å²) in [6.45, 7) is 0.831. The van der Waals surface area contributed by atoms with E-state index in [9.17, 15) is 31.5 Å². The van der Waals surface area contributed by atoms with Gasteiger partial charge in [0.15, 0.2) is 0 Å². The van der Waals surface area contributed by atoms with Gasteiger partial charge in [-0.25, -0.2) is 8.42 Å². The van der Waals surface area contributed by atoms with Crippen LogP contribution in [0.4, 0.5) is 18.9 Å². The lowest BCUT2D eigenvalue weighted by Gasteiger charge is -2.16. The van der Waals surface area contributed by atoms with Gasteiger partial charge in [-0.15, -0.1) is 13.2 Å². The number of hydrogen-bond donors (Lipinski definition) is 2. The van der Waals surface area contributed by atoms with E-state index >= 15 is 0 Å². The second-order valence-electron chi connectivity index (χ2n) is 6.71. The van der Waals surface area contributed by atoms with Crippen LogP contribution in [0.1, 0.15) is 18.4 Å². The predicted octanol–water partition coefficient (Wildman–Crippen LogP) is 3.26. The van der Waals surface area contributed by atoms with Crippen LogP contribution in [0.25, 0.3) is 0 Å². The summed E-state index contributed by atoms with van der Waals surface area (Å²) in [7, 11) is -3.73. The largest absolute Gasteiger partial charge is 0.573 e. The number of carbonyl (C=O) groups excluding carboxylic acids is 1. The number of nitrogens with zero attached hydrogens (tertiary/aromatic N) is 1. The highest BCUT2D eigenvalue weighted by atomic mass is 32.2. The van der Waals surface area contributed by atoms with Crippen LogP contribution in [0.2, 0.25) is 0 Å². The van der Waals surface area contributed by atoms with Crippen molar-refractivity contribution in [3.63, 3.8) is 0 Å². The average Bonchev–Trinajstić information content (AvgIpc) is 3.19. The maximum absolute atomic E-state index is 12.6. The number of aromatic hydroxyl groups is 1. The number of carbonyl (C=O) groups is 1. The fourth-order valence-electron chi connectivity index (χ4n) is 3.04. The standard InChI is InChI=1S/C19H19F3N2O5S/c20-19(21,22)29-14-5-3-13(4-6-14)11-18(26)23-16-12-15(7-8-17(16)25)30(27,28)24-9-1-2-10-24/h3-8,12,25H,1-2,9-11H2,(H,23,26). The van der Waals surface area contributed by atoms with Crippen LogP contribution < -0.4 is 10.1 Å². The third kappa shape index (κ3) is 5.42. The van der Waals surface area contributed by atoms with Gasteiger partial charge in [-0.1, -0.05) is 12.1 Å². The van der Waals surface area contributed by atoms with E-state index in [0.29, 0.717) is 18.7 Å². The highest BCUT2D eigenvalue weighted by molar-refractivity contribution is 7.89. The van der Waals surface area contributed by atoms with Gasteiger partial charge in [-0.3, -0.25) is 4.79 Å². The summed E-state index contributed by atoms with van der Waals surface area (Å²) in [6, 6.07) is 8.39. The molecule has 11 heteroatoms. The zero-order chi connectivity index (χ0) is 21.9. The Morgan fingerprint density at radius 1 is 1.10 bits per heavy atom. The van der Waals surface area contributed by atoms with E-state index < -0.39 is 28.0 Å². The van der Waals surface area contributed by atoms with Crippen LogP contribution in [0.3, 0.4) is 0 Å². The van der Waals surface area contributed by atoms with Gasteiger partial charge in [0.25, 0.3) is 0 Å². The van der Waals surface area contributed by atoms with Gasteiger partial charge in [0.2, 0.25) is 15.9 Å². The van der Waals surface area contributed by atoms with E-state index in [4.69, 9.17) is 0 Å². The first-order valence-electron chi connectivity index (χ1n) is 9.02. The van der Waals surface area contributed by atoms with Gasteiger partial charge in [-0.2, -0.15) is 4.31 Å². The minimum absolute atomic E-state index is 0.0499. The summed E-state index contributed by atoms with van der Waals surface area (Å²) >= 11 is 0. The molecule has 1 aliphatic rings. The average molecular weight is 444 g/mol. The normalized spacial score (nSPS) is 15.2. The number of sulfonamides is 1. The molecule has 0 unspecified atom stereocenters. The van der Waals surface area contributed by atoms with Crippen molar-refractivity contribution in [1.82, 2.24) is 4.31 Å². The van der Waals surface area contributed by atoms with Gasteiger partial charge >= 0.3 is 6.36 Å². The van der Waals surface area contributed by atoms with Gasteiger partial charge in [0.05, 0.1) is 17.0 Å². The Balaban J connectivity index is 1.69. The van der Waals surface area contributed by atoms with Gasteiger partial charge in [0.1, 0.15) is 11.5 Å². The minimum atomic E-state index is -4.81. The van der Waals surface area contributed by atoms with Gasteiger partial charge < -0.3 is 15.2 Å². The molecule has 3 rings (SSSR count). The summed E-state index contributed by atoms with van der Waals surface area (Å²) in [5.74, 6) is -1.30. The molecule has 2 aromatic rings. The molecule has 7 nitrogen and oxygen atoms in total. The Labute approximate surface area is 171 Å². The topological polar surface area (TPSA) is 95.9 Å². The molecule has 2 aromatic carbocycles. The zero-order valence-electron chi connectivity index (χ0n) is 15.6. The number of benzene rings is 2. The molecule has 0 bridgehead atoms. The zero-order valence-corrected chi connectivity index (χ0v) is 16.5. The second kappa shape index (κ2) is 8.52. The van der Waals surface area contributed by atoms with E-state index in [1.54, 1.807) is 0 Å². The van der Waals surface area contributed by atoms with E-state index in [2.05, 4.69) is 10.1 Å². The number of phenolic OH excluding ortho intramolecular Hbond substituents is 1. The smallest absolute Gasteiger partial charge is 0.506 e. The molecule has 0 saturated carbocycles. The van der Waals surface area contributed by atoms with Crippen LogP contribution in [0, 0.1) is 0 Å². The molecule has 1 heterocycles. The lowest BCUT2D eigenvalue weighted by atomic mass is 10.1. The molecular weight excluding hydrogens is 425 g/mol. The van der Waals surface area contributed by atoms with E-state index in [-0.39, 0.29) is 22.8 Å². The Morgan fingerprint density at radius 2 is 1.73 bits per heavy atom. The van der Waals surface area contributed by atoms with Crippen molar-refractivity contribution in [2.75, 3.05) is 18.4 Å². The number of alkyl halides is 3. The lowest BCUT2D eigenvalue weighted by Crippen LogP contribution is -2.28. The van der Waals surface area contributed by atoms with Crippen molar-refractivity contribution in [1.29, 1.82) is 0 Å². The van der Waals surface area contributed by atoms with Crippen molar-refractivity contribution < 1.29 is 36.2 Å². The second-order valence-corrected chi connectivity index (χ2v) is 8.64. The highest BCUT2D eigenvalue weighted by Gasteiger charge is 2.31. The molecule has 0 spiro atoms. The lowest BCUT2D eigenvalue weighted by molar-refractivity contribution is -0.274. The molecule has 162 valence electrons. The third-order valence-electron chi connectivity index (χ3n) is 4.47. The molecule has 0 aromatic heterocycles. The first-order chi connectivity index (χ1) is 14.0. The number of nitrogens with one attached hydrogen (secondary N) is 1. The van der Waals surface area contributed by atoms with E-state index in [1.165, 1.54) is 34.6 Å². The molecule has 0 radical (unpaired) electrons. The van der Waals surface area contributed by atoms with E-state index in [1.807, 2.05) is 0 Å². The Kier molecular flexibility index (Phi) is 6.22. The quantitative estimate of drug-likeness (QED) is 0.667. The Hall–Kier alpha value is -2.79. The van der Waals surface area contributed by atoms with Crippen LogP contribution in [-0.4, -0.2) is 43.2 Å². The predicted molar refractivity (Wildman–Crippen MR) is 102 cm³/mol. The number of rotatable bonds is 6. The summed E-state index contributed by atoms with van der Waals surface area (Å²) in [4.78, 5) is 12.2. The van der Waals surface area contributed by atoms with Crippen LogP contribution in [-0.2, 0) is 21.2 Å². The Morgan fingerprint density at radius 3 is 2.33 bits per heavy atom. The molecule has 1 saturated heterocycles. The number of anilines is 1. The molecule has 30 heavy (non-hydrogen) atoms. The first-order valence-corrected chi connectivity index (χ1v) is 10.5. The number of hydrogen-bond acceptors (Lipinski definition) is 5. The van der Waals surface area contributed by atoms with E-state index in [0.717, 1.165) is 25.0 Å². The number of halogens is 3. The molecule has 1 aliphatic heterocycles. The summed E-state index contributed by atoms with van der Waals surface area (Å²) in [5.41, 5.74) is 0.333. The molecule has 2 N–H and O–H groups in total. The highest BCUT2D eigenvalue weighted by Crippen LogP contribution is 2.29. The van der Waals surface area contributed by atoms with Crippen LogP contribution in [0.15, 0.2) is 47.4 Å². The number of phenols is 1. The molecular formula is C19H19F3N2O5S.